The second-order valence-corrected chi connectivity index (χ2v) is 1.48. The van der Waals surface area contributed by atoms with Gasteiger partial charge in [0.05, 0.1) is 6.61 Å². The van der Waals surface area contributed by atoms with Crippen LogP contribution < -0.4 is 0 Å². The number of carbonyl (C=O) groups is 1. The highest BCUT2D eigenvalue weighted by Crippen LogP contribution is 1.76. The summed E-state index contributed by atoms with van der Waals surface area (Å²) in [6.07, 6.45) is 7.89. The average molecular weight is 140 g/mol. The van der Waals surface area contributed by atoms with Gasteiger partial charge in [0.25, 0.3) is 0 Å². The number of carboxylic acids is 1. The zero-order valence-corrected chi connectivity index (χ0v) is 5.41. The van der Waals surface area contributed by atoms with E-state index >= 15 is 0 Å². The Labute approximate surface area is 59.3 Å². The molecule has 0 heterocycles. The van der Waals surface area contributed by atoms with E-state index in [-0.39, 0.29) is 13.2 Å². The van der Waals surface area contributed by atoms with Gasteiger partial charge < -0.3 is 9.84 Å². The first-order valence-corrected chi connectivity index (χ1v) is 2.68. The number of carboxylic acid groups (broad SMARTS) is 1. The van der Waals surface area contributed by atoms with Crippen LogP contribution in [-0.4, -0.2) is 24.3 Å². The first-order valence-electron chi connectivity index (χ1n) is 2.68. The summed E-state index contributed by atoms with van der Waals surface area (Å²) in [6, 6.07) is 0. The third-order valence-electron chi connectivity index (χ3n) is 0.654. The first kappa shape index (κ1) is 8.73. The van der Waals surface area contributed by atoms with Gasteiger partial charge in [-0.1, -0.05) is 12.0 Å². The van der Waals surface area contributed by atoms with Gasteiger partial charge in [0.2, 0.25) is 0 Å². The van der Waals surface area contributed by atoms with Gasteiger partial charge in [0.15, 0.2) is 0 Å². The van der Waals surface area contributed by atoms with Crippen molar-refractivity contribution in [3.05, 3.63) is 12.2 Å². The normalized spacial score (nSPS) is 9.50. The molecule has 0 aliphatic rings. The fraction of sp³-hybridized carbons (Fsp3) is 0.286. The Morgan fingerprint density at radius 2 is 2.50 bits per heavy atom. The van der Waals surface area contributed by atoms with Gasteiger partial charge in [-0.2, -0.15) is 0 Å². The monoisotopic (exact) mass is 140 g/mol. The van der Waals surface area contributed by atoms with E-state index in [4.69, 9.17) is 11.5 Å². The predicted molar refractivity (Wildman–Crippen MR) is 36.4 cm³/mol. The van der Waals surface area contributed by atoms with Gasteiger partial charge in [0, 0.05) is 0 Å². The number of hydrogen-bond acceptors (Lipinski definition) is 2. The first-order chi connectivity index (χ1) is 4.77. The number of ether oxygens (including phenoxy) is 1. The molecular formula is C7H8O3. The zero-order valence-electron chi connectivity index (χ0n) is 5.41. The van der Waals surface area contributed by atoms with Gasteiger partial charge >= 0.3 is 5.97 Å². The average Bonchev–Trinajstić information content (AvgIpc) is 1.87. The molecule has 0 amide bonds. The van der Waals surface area contributed by atoms with Crippen molar-refractivity contribution in [1.29, 1.82) is 0 Å². The maximum Gasteiger partial charge on any atom is 0.329 e. The molecule has 0 aromatic carbocycles. The predicted octanol–water partition coefficient (Wildman–Crippen LogP) is 0.277. The molecule has 10 heavy (non-hydrogen) atoms. The zero-order chi connectivity index (χ0) is 7.82. The van der Waals surface area contributed by atoms with Crippen LogP contribution in [-0.2, 0) is 9.53 Å². The molecule has 0 atom stereocenters. The Balaban J connectivity index is 3.15. The van der Waals surface area contributed by atoms with Crippen LogP contribution in [0.4, 0.5) is 0 Å². The minimum atomic E-state index is -0.978. The third-order valence-corrected chi connectivity index (χ3v) is 0.654. The fourth-order valence-electron chi connectivity index (χ4n) is 0.330. The van der Waals surface area contributed by atoms with Crippen LogP contribution in [0.2, 0.25) is 0 Å². The van der Waals surface area contributed by atoms with E-state index < -0.39 is 5.97 Å². The maximum atomic E-state index is 9.84. The Bertz CT molecular complexity index is 164. The highest BCUT2D eigenvalue weighted by atomic mass is 16.5. The van der Waals surface area contributed by atoms with Gasteiger partial charge in [0.1, 0.15) is 6.61 Å². The van der Waals surface area contributed by atoms with Crippen molar-refractivity contribution in [3.8, 4) is 12.3 Å². The molecule has 0 saturated carbocycles. The fourth-order valence-corrected chi connectivity index (χ4v) is 0.330. The van der Waals surface area contributed by atoms with E-state index in [9.17, 15) is 4.79 Å². The molecule has 0 radical (unpaired) electrons. The molecule has 54 valence electrons. The minimum Gasteiger partial charge on any atom is -0.480 e. The Kier molecular flexibility index (Phi) is 5.12. The van der Waals surface area contributed by atoms with Crippen LogP contribution in [0.1, 0.15) is 0 Å². The van der Waals surface area contributed by atoms with E-state index in [0.717, 1.165) is 0 Å². The van der Waals surface area contributed by atoms with E-state index in [1.807, 2.05) is 0 Å². The molecule has 0 aliphatic carbocycles. The molecule has 0 fully saturated rings. The number of hydrogen-bond donors (Lipinski definition) is 1. The number of terminal acetylenes is 1. The SMILES string of the molecule is C#C/C=C\COCC(=O)O. The molecular weight excluding hydrogens is 132 g/mol. The smallest absolute Gasteiger partial charge is 0.329 e. The maximum absolute atomic E-state index is 9.84. The van der Waals surface area contributed by atoms with Crippen molar-refractivity contribution in [1.82, 2.24) is 0 Å². The summed E-state index contributed by atoms with van der Waals surface area (Å²) in [5.74, 6) is 1.27. The molecule has 0 aliphatic heterocycles. The molecule has 3 nitrogen and oxygen atoms in total. The molecule has 0 unspecified atom stereocenters. The van der Waals surface area contributed by atoms with Crippen LogP contribution in [0.5, 0.6) is 0 Å². The lowest BCUT2D eigenvalue weighted by atomic mass is 10.5. The number of rotatable bonds is 4. The highest BCUT2D eigenvalue weighted by Gasteiger charge is 1.91. The van der Waals surface area contributed by atoms with Crippen molar-refractivity contribution >= 4 is 5.97 Å². The topological polar surface area (TPSA) is 46.5 Å². The van der Waals surface area contributed by atoms with E-state index in [2.05, 4.69) is 10.7 Å². The summed E-state index contributed by atoms with van der Waals surface area (Å²) in [5.41, 5.74) is 0. The lowest BCUT2D eigenvalue weighted by Gasteiger charge is -1.92. The van der Waals surface area contributed by atoms with E-state index in [0.29, 0.717) is 0 Å². The van der Waals surface area contributed by atoms with Gasteiger partial charge in [-0.3, -0.25) is 0 Å². The van der Waals surface area contributed by atoms with Crippen LogP contribution in [0.25, 0.3) is 0 Å². The van der Waals surface area contributed by atoms with Crippen LogP contribution in [0.3, 0.4) is 0 Å². The van der Waals surface area contributed by atoms with Crippen molar-refractivity contribution in [3.63, 3.8) is 0 Å². The highest BCUT2D eigenvalue weighted by molar-refractivity contribution is 5.67. The molecule has 1 N–H and O–H groups in total. The third kappa shape index (κ3) is 6.73. The second kappa shape index (κ2) is 5.86. The Hall–Kier alpha value is -1.27. The summed E-state index contributed by atoms with van der Waals surface area (Å²) in [5, 5.41) is 8.08. The summed E-state index contributed by atoms with van der Waals surface area (Å²) in [7, 11) is 0. The minimum absolute atomic E-state index is 0.247. The molecule has 3 heteroatoms. The lowest BCUT2D eigenvalue weighted by Crippen LogP contribution is -2.06. The molecule has 0 aromatic rings. The van der Waals surface area contributed by atoms with E-state index in [1.54, 1.807) is 6.08 Å². The number of aliphatic carboxylic acids is 1. The van der Waals surface area contributed by atoms with E-state index in [1.165, 1.54) is 6.08 Å². The quantitative estimate of drug-likeness (QED) is 0.450. The largest absolute Gasteiger partial charge is 0.480 e. The molecule has 0 aromatic heterocycles. The van der Waals surface area contributed by atoms with Crippen LogP contribution >= 0.6 is 0 Å². The van der Waals surface area contributed by atoms with Crippen LogP contribution in [0, 0.1) is 12.3 Å². The molecule has 0 saturated heterocycles. The van der Waals surface area contributed by atoms with Crippen LogP contribution in [0.15, 0.2) is 12.2 Å². The van der Waals surface area contributed by atoms with Crippen molar-refractivity contribution in [2.24, 2.45) is 0 Å². The second-order valence-electron chi connectivity index (χ2n) is 1.48. The summed E-state index contributed by atoms with van der Waals surface area (Å²) in [4.78, 5) is 9.84. The summed E-state index contributed by atoms with van der Waals surface area (Å²) >= 11 is 0. The van der Waals surface area contributed by atoms with Crippen molar-refractivity contribution in [2.45, 2.75) is 0 Å². The molecule has 0 rings (SSSR count). The summed E-state index contributed by atoms with van der Waals surface area (Å²) in [6.45, 7) is -0.0363. The molecule has 0 bridgehead atoms. The van der Waals surface area contributed by atoms with Gasteiger partial charge in [-0.25, -0.2) is 4.79 Å². The van der Waals surface area contributed by atoms with Crippen molar-refractivity contribution < 1.29 is 14.6 Å². The molecule has 0 spiro atoms. The lowest BCUT2D eigenvalue weighted by molar-refractivity contribution is -0.141. The Morgan fingerprint density at radius 1 is 1.80 bits per heavy atom. The standard InChI is InChI=1S/C7H8O3/c1-2-3-4-5-10-6-7(8)9/h1,3-4H,5-6H2,(H,8,9)/b4-3-. The summed E-state index contributed by atoms with van der Waals surface area (Å²) < 4.78 is 4.62. The van der Waals surface area contributed by atoms with Crippen molar-refractivity contribution in [2.75, 3.05) is 13.2 Å². The van der Waals surface area contributed by atoms with Gasteiger partial charge in [-0.15, -0.1) is 6.42 Å². The Morgan fingerprint density at radius 3 is 3.00 bits per heavy atom. The number of allylic oxidation sites excluding steroid dienone is 1. The van der Waals surface area contributed by atoms with Gasteiger partial charge in [-0.05, 0) is 6.08 Å².